The van der Waals surface area contributed by atoms with Crippen molar-refractivity contribution < 1.29 is 17.9 Å². The van der Waals surface area contributed by atoms with E-state index in [0.717, 1.165) is 9.87 Å². The number of nitrogens with zero attached hydrogens (tertiary/aromatic N) is 1. The average Bonchev–Trinajstić information content (AvgIpc) is 2.64. The number of carbonyl (C=O) groups excluding carboxylic acids is 1. The second kappa shape index (κ2) is 8.95. The lowest BCUT2D eigenvalue weighted by Crippen LogP contribution is -2.41. The van der Waals surface area contributed by atoms with Gasteiger partial charge in [-0.05, 0) is 43.3 Å². The molecule has 0 saturated carbocycles. The number of nitrogens with one attached hydrogen (secondary N) is 1. The number of anilines is 1. The summed E-state index contributed by atoms with van der Waals surface area (Å²) < 4.78 is 32.4. The summed E-state index contributed by atoms with van der Waals surface area (Å²) >= 11 is 4.04. The fourth-order valence-corrected chi connectivity index (χ4v) is 3.82. The number of carbonyl (C=O) groups is 1. The summed E-state index contributed by atoms with van der Waals surface area (Å²) in [4.78, 5) is 12.3. The van der Waals surface area contributed by atoms with E-state index in [1.54, 1.807) is 36.4 Å². The molecule has 0 saturated heterocycles. The van der Waals surface area contributed by atoms with Crippen molar-refractivity contribution in [2.45, 2.75) is 11.8 Å². The number of amides is 1. The topological polar surface area (TPSA) is 75.7 Å². The molecular weight excluding hydrogens is 372 g/mol. The van der Waals surface area contributed by atoms with Crippen LogP contribution in [0.4, 0.5) is 5.69 Å². The number of hydrogen-bond donors (Lipinski definition) is 2. The van der Waals surface area contributed by atoms with Crippen LogP contribution >= 0.6 is 12.6 Å². The Hall–Kier alpha value is -2.19. The molecule has 0 atom stereocenters. The average molecular weight is 395 g/mol. The van der Waals surface area contributed by atoms with Gasteiger partial charge in [0.2, 0.25) is 5.91 Å². The Morgan fingerprint density at radius 1 is 1.12 bits per heavy atom. The van der Waals surface area contributed by atoms with Crippen LogP contribution < -0.4 is 14.4 Å². The molecule has 0 spiro atoms. The Kier molecular flexibility index (Phi) is 6.93. The Balaban J connectivity index is 2.40. The number of hydrogen-bond acceptors (Lipinski definition) is 5. The number of ether oxygens (including phenoxy) is 1. The number of rotatable bonds is 8. The van der Waals surface area contributed by atoms with Crippen LogP contribution in [-0.2, 0) is 14.8 Å². The van der Waals surface area contributed by atoms with E-state index < -0.39 is 15.9 Å². The van der Waals surface area contributed by atoms with Gasteiger partial charge in [-0.25, -0.2) is 8.42 Å². The number of thiol groups is 1. The van der Waals surface area contributed by atoms with Crippen LogP contribution in [0.5, 0.6) is 5.75 Å². The van der Waals surface area contributed by atoms with E-state index in [-0.39, 0.29) is 11.4 Å². The molecule has 0 heterocycles. The van der Waals surface area contributed by atoms with Gasteiger partial charge < -0.3 is 10.1 Å². The van der Waals surface area contributed by atoms with Crippen LogP contribution in [0.2, 0.25) is 0 Å². The van der Waals surface area contributed by atoms with Crippen LogP contribution in [0.3, 0.4) is 0 Å². The molecule has 0 aliphatic heterocycles. The highest BCUT2D eigenvalue weighted by Gasteiger charge is 2.27. The van der Waals surface area contributed by atoms with Gasteiger partial charge in [-0.1, -0.05) is 17.7 Å². The predicted molar refractivity (Wildman–Crippen MR) is 106 cm³/mol. The first-order valence-corrected chi connectivity index (χ1v) is 10.1. The molecule has 2 rings (SSSR count). The maximum Gasteiger partial charge on any atom is 0.264 e. The van der Waals surface area contributed by atoms with Crippen molar-refractivity contribution in [3.05, 3.63) is 54.1 Å². The Bertz CT molecular complexity index is 834. The summed E-state index contributed by atoms with van der Waals surface area (Å²) in [5, 5.41) is 2.64. The van der Waals surface area contributed by atoms with Crippen LogP contribution in [0.15, 0.2) is 53.4 Å². The lowest BCUT2D eigenvalue weighted by atomic mass is 10.2. The molecule has 0 bridgehead atoms. The van der Waals surface area contributed by atoms with Crippen LogP contribution in [0, 0.1) is 6.92 Å². The maximum atomic E-state index is 13.1. The van der Waals surface area contributed by atoms with Crippen molar-refractivity contribution in [3.63, 3.8) is 0 Å². The third kappa shape index (κ3) is 4.92. The molecule has 0 unspecified atom stereocenters. The van der Waals surface area contributed by atoms with Gasteiger partial charge in [0.1, 0.15) is 12.3 Å². The summed E-state index contributed by atoms with van der Waals surface area (Å²) in [5.41, 5.74) is 1.33. The molecule has 1 N–H and O–H groups in total. The van der Waals surface area contributed by atoms with Crippen LogP contribution in [0.1, 0.15) is 5.56 Å². The summed E-state index contributed by atoms with van der Waals surface area (Å²) in [6, 6.07) is 13.0. The molecular formula is C18H22N2O4S2. The zero-order chi connectivity index (χ0) is 19.2. The molecule has 140 valence electrons. The van der Waals surface area contributed by atoms with Crippen LogP contribution in [-0.4, -0.2) is 40.3 Å². The summed E-state index contributed by atoms with van der Waals surface area (Å²) in [5.74, 6) is 0.672. The second-order valence-electron chi connectivity index (χ2n) is 5.60. The quantitative estimate of drug-likeness (QED) is 0.674. The number of methoxy groups -OCH3 is 1. The first kappa shape index (κ1) is 20.1. The molecule has 2 aromatic carbocycles. The molecule has 1 amide bonds. The Morgan fingerprint density at radius 2 is 1.73 bits per heavy atom. The molecule has 2 aromatic rings. The minimum atomic E-state index is -3.90. The van der Waals surface area contributed by atoms with Crippen molar-refractivity contribution >= 4 is 34.2 Å². The second-order valence-corrected chi connectivity index (χ2v) is 7.91. The van der Waals surface area contributed by atoms with E-state index >= 15 is 0 Å². The molecule has 6 nitrogen and oxygen atoms in total. The Labute approximate surface area is 159 Å². The van der Waals surface area contributed by atoms with Gasteiger partial charge in [0.05, 0.1) is 17.7 Å². The smallest absolute Gasteiger partial charge is 0.264 e. The van der Waals surface area contributed by atoms with Gasteiger partial charge in [-0.2, -0.15) is 12.6 Å². The number of sulfonamides is 1. The van der Waals surface area contributed by atoms with Gasteiger partial charge in [0, 0.05) is 12.3 Å². The van der Waals surface area contributed by atoms with Crippen molar-refractivity contribution in [2.24, 2.45) is 0 Å². The first-order valence-electron chi connectivity index (χ1n) is 7.99. The fourth-order valence-electron chi connectivity index (χ4n) is 2.28. The van der Waals surface area contributed by atoms with Gasteiger partial charge in [-0.15, -0.1) is 0 Å². The standard InChI is InChI=1S/C18H22N2O4S2/c1-14-3-9-17(10-4-14)26(22,23)20(13-18(21)19-11-12-25)15-5-7-16(24-2)8-6-15/h3-10,25H,11-13H2,1-2H3,(H,19,21). The zero-order valence-corrected chi connectivity index (χ0v) is 16.4. The van der Waals surface area contributed by atoms with Crippen molar-refractivity contribution in [1.29, 1.82) is 0 Å². The lowest BCUT2D eigenvalue weighted by Gasteiger charge is -2.24. The predicted octanol–water partition coefficient (Wildman–Crippen LogP) is 2.24. The van der Waals surface area contributed by atoms with Crippen LogP contribution in [0.25, 0.3) is 0 Å². The highest BCUT2D eigenvalue weighted by molar-refractivity contribution is 7.92. The highest BCUT2D eigenvalue weighted by atomic mass is 32.2. The van der Waals surface area contributed by atoms with E-state index in [2.05, 4.69) is 17.9 Å². The molecule has 8 heteroatoms. The SMILES string of the molecule is COc1ccc(N(CC(=O)NCCS)S(=O)(=O)c2ccc(C)cc2)cc1. The van der Waals surface area contributed by atoms with Crippen molar-refractivity contribution in [3.8, 4) is 5.75 Å². The molecule has 26 heavy (non-hydrogen) atoms. The maximum absolute atomic E-state index is 13.1. The summed E-state index contributed by atoms with van der Waals surface area (Å²) in [6.07, 6.45) is 0. The number of benzene rings is 2. The molecule has 0 fully saturated rings. The lowest BCUT2D eigenvalue weighted by molar-refractivity contribution is -0.119. The fraction of sp³-hybridized carbons (Fsp3) is 0.278. The minimum Gasteiger partial charge on any atom is -0.497 e. The zero-order valence-electron chi connectivity index (χ0n) is 14.7. The van der Waals surface area contributed by atoms with Gasteiger partial charge in [0.25, 0.3) is 10.0 Å². The van der Waals surface area contributed by atoms with E-state index in [9.17, 15) is 13.2 Å². The minimum absolute atomic E-state index is 0.126. The monoisotopic (exact) mass is 394 g/mol. The largest absolute Gasteiger partial charge is 0.497 e. The Morgan fingerprint density at radius 3 is 2.27 bits per heavy atom. The van der Waals surface area contributed by atoms with Crippen molar-refractivity contribution in [2.75, 3.05) is 30.3 Å². The normalized spacial score (nSPS) is 11.0. The van der Waals surface area contributed by atoms with Gasteiger partial charge in [0.15, 0.2) is 0 Å². The van der Waals surface area contributed by atoms with Gasteiger partial charge >= 0.3 is 0 Å². The first-order chi connectivity index (χ1) is 12.4. The third-order valence-electron chi connectivity index (χ3n) is 3.69. The molecule has 0 aliphatic carbocycles. The van der Waals surface area contributed by atoms with Gasteiger partial charge in [-0.3, -0.25) is 9.10 Å². The summed E-state index contributed by atoms with van der Waals surface area (Å²) in [6.45, 7) is 1.92. The molecule has 0 radical (unpaired) electrons. The molecule has 0 aromatic heterocycles. The van der Waals surface area contributed by atoms with E-state index in [4.69, 9.17) is 4.74 Å². The third-order valence-corrected chi connectivity index (χ3v) is 5.70. The van der Waals surface area contributed by atoms with E-state index in [0.29, 0.717) is 23.7 Å². The highest BCUT2D eigenvalue weighted by Crippen LogP contribution is 2.25. The summed E-state index contributed by atoms with van der Waals surface area (Å²) in [7, 11) is -2.37. The molecule has 0 aliphatic rings. The number of aryl methyl sites for hydroxylation is 1. The van der Waals surface area contributed by atoms with E-state index in [1.165, 1.54) is 19.2 Å². The van der Waals surface area contributed by atoms with E-state index in [1.807, 2.05) is 6.92 Å². The van der Waals surface area contributed by atoms with Crippen molar-refractivity contribution in [1.82, 2.24) is 5.32 Å².